The molecule has 1 N–H and O–H groups in total. The summed E-state index contributed by atoms with van der Waals surface area (Å²) in [6, 6.07) is 5.19. The van der Waals surface area contributed by atoms with Crippen molar-refractivity contribution in [3.8, 4) is 0 Å². The first-order chi connectivity index (χ1) is 9.47. The van der Waals surface area contributed by atoms with Crippen molar-refractivity contribution in [1.82, 2.24) is 4.72 Å². The maximum Gasteiger partial charge on any atom is 0.240 e. The van der Waals surface area contributed by atoms with Crippen LogP contribution in [0.4, 0.5) is 0 Å². The highest BCUT2D eigenvalue weighted by Gasteiger charge is 2.16. The highest BCUT2D eigenvalue weighted by molar-refractivity contribution is 9.10. The maximum absolute atomic E-state index is 12.1. The number of sulfonamides is 1. The molecule has 0 unspecified atom stereocenters. The number of hydrogen-bond acceptors (Lipinski definition) is 4. The normalized spacial score (nSPS) is 11.8. The van der Waals surface area contributed by atoms with Crippen molar-refractivity contribution in [1.29, 1.82) is 0 Å². The summed E-state index contributed by atoms with van der Waals surface area (Å²) in [6.45, 7) is 3.69. The molecule has 0 aliphatic rings. The summed E-state index contributed by atoms with van der Waals surface area (Å²) in [5.74, 6) is 0. The highest BCUT2D eigenvalue weighted by atomic mass is 79.9. The van der Waals surface area contributed by atoms with Crippen molar-refractivity contribution < 1.29 is 17.9 Å². The monoisotopic (exact) mass is 365 g/mol. The summed E-state index contributed by atoms with van der Waals surface area (Å²) in [6.07, 6.45) is 0.621. The van der Waals surface area contributed by atoms with Gasteiger partial charge in [0.25, 0.3) is 0 Å². The van der Waals surface area contributed by atoms with Gasteiger partial charge in [-0.1, -0.05) is 22.0 Å². The van der Waals surface area contributed by atoms with E-state index in [-0.39, 0.29) is 0 Å². The molecule has 1 aromatic rings. The third kappa shape index (κ3) is 5.88. The summed E-state index contributed by atoms with van der Waals surface area (Å²) >= 11 is 3.28. The Kier molecular flexibility index (Phi) is 7.68. The number of ether oxygens (including phenoxy) is 2. The first-order valence-corrected chi connectivity index (χ1v) is 8.57. The first-order valence-electron chi connectivity index (χ1n) is 6.30. The lowest BCUT2D eigenvalue weighted by molar-refractivity contribution is 0.0699. The highest BCUT2D eigenvalue weighted by Crippen LogP contribution is 2.20. The molecule has 0 saturated heterocycles. The Morgan fingerprint density at radius 3 is 2.70 bits per heavy atom. The van der Waals surface area contributed by atoms with Crippen molar-refractivity contribution >= 4 is 26.0 Å². The summed E-state index contributed by atoms with van der Waals surface area (Å²) in [4.78, 5) is 0.298. The molecule has 0 aliphatic heterocycles. The topological polar surface area (TPSA) is 64.6 Å². The number of aryl methyl sites for hydroxylation is 1. The van der Waals surface area contributed by atoms with Crippen LogP contribution in [0.5, 0.6) is 0 Å². The fraction of sp³-hybridized carbons (Fsp3) is 0.538. The van der Waals surface area contributed by atoms with Gasteiger partial charge in [0.15, 0.2) is 0 Å². The van der Waals surface area contributed by atoms with Crippen molar-refractivity contribution in [2.45, 2.75) is 18.2 Å². The van der Waals surface area contributed by atoms with Gasteiger partial charge in [0, 0.05) is 24.7 Å². The molecule has 1 aromatic carbocycles. The Morgan fingerprint density at radius 2 is 2.00 bits per heavy atom. The number of benzene rings is 1. The molecule has 7 heteroatoms. The van der Waals surface area contributed by atoms with E-state index in [2.05, 4.69) is 20.7 Å². The molecule has 0 radical (unpaired) electrons. The van der Waals surface area contributed by atoms with Gasteiger partial charge in [0.1, 0.15) is 0 Å². The molecule has 0 saturated carbocycles. The molecule has 5 nitrogen and oxygen atoms in total. The molecule has 1 rings (SSSR count). The SMILES string of the molecule is COCCOCCCNS(=O)(=O)c1cc(Br)ccc1C. The minimum atomic E-state index is -3.47. The van der Waals surface area contributed by atoms with Gasteiger partial charge in [-0.25, -0.2) is 13.1 Å². The van der Waals surface area contributed by atoms with E-state index in [0.29, 0.717) is 37.7 Å². The maximum atomic E-state index is 12.1. The summed E-state index contributed by atoms with van der Waals surface area (Å²) < 4.78 is 37.7. The number of rotatable bonds is 9. The molecule has 0 spiro atoms. The van der Waals surface area contributed by atoms with Crippen LogP contribution in [-0.2, 0) is 19.5 Å². The summed E-state index contributed by atoms with van der Waals surface area (Å²) in [7, 11) is -1.86. The van der Waals surface area contributed by atoms with Crippen LogP contribution in [0.15, 0.2) is 27.6 Å². The Labute approximate surface area is 128 Å². The fourth-order valence-electron chi connectivity index (χ4n) is 1.57. The average Bonchev–Trinajstić information content (AvgIpc) is 2.40. The molecule has 0 aliphatic carbocycles. The average molecular weight is 366 g/mol. The molecule has 0 fully saturated rings. The third-order valence-electron chi connectivity index (χ3n) is 2.63. The zero-order valence-corrected chi connectivity index (χ0v) is 14.1. The van der Waals surface area contributed by atoms with Gasteiger partial charge >= 0.3 is 0 Å². The molecule has 114 valence electrons. The lowest BCUT2D eigenvalue weighted by Gasteiger charge is -2.10. The quantitative estimate of drug-likeness (QED) is 0.680. The van der Waals surface area contributed by atoms with E-state index in [1.54, 1.807) is 26.2 Å². The number of nitrogens with one attached hydrogen (secondary N) is 1. The van der Waals surface area contributed by atoms with Crippen LogP contribution in [0.1, 0.15) is 12.0 Å². The summed E-state index contributed by atoms with van der Waals surface area (Å²) in [5, 5.41) is 0. The Bertz CT molecular complexity index is 519. The van der Waals surface area contributed by atoms with E-state index < -0.39 is 10.0 Å². The number of halogens is 1. The van der Waals surface area contributed by atoms with Gasteiger partial charge in [0.2, 0.25) is 10.0 Å². The van der Waals surface area contributed by atoms with Gasteiger partial charge in [-0.2, -0.15) is 0 Å². The lowest BCUT2D eigenvalue weighted by atomic mass is 10.2. The summed E-state index contributed by atoms with van der Waals surface area (Å²) in [5.41, 5.74) is 0.719. The van der Waals surface area contributed by atoms with Gasteiger partial charge in [-0.05, 0) is 31.0 Å². The standard InChI is InChI=1S/C13H20BrNO4S/c1-11-4-5-12(14)10-13(11)20(16,17)15-6-3-7-19-9-8-18-2/h4-5,10,15H,3,6-9H2,1-2H3. The lowest BCUT2D eigenvalue weighted by Crippen LogP contribution is -2.26. The molecule has 0 heterocycles. The largest absolute Gasteiger partial charge is 0.382 e. The second kappa shape index (κ2) is 8.74. The van der Waals surface area contributed by atoms with Gasteiger partial charge in [0.05, 0.1) is 18.1 Å². The zero-order chi connectivity index (χ0) is 15.0. The van der Waals surface area contributed by atoms with Gasteiger partial charge in [-0.15, -0.1) is 0 Å². The van der Waals surface area contributed by atoms with Gasteiger partial charge < -0.3 is 9.47 Å². The van der Waals surface area contributed by atoms with E-state index in [1.165, 1.54) is 0 Å². The molecule has 20 heavy (non-hydrogen) atoms. The minimum Gasteiger partial charge on any atom is -0.382 e. The van der Waals surface area contributed by atoms with Crippen LogP contribution in [0.2, 0.25) is 0 Å². The van der Waals surface area contributed by atoms with Crippen molar-refractivity contribution in [2.24, 2.45) is 0 Å². The Balaban J connectivity index is 2.44. The molecule has 0 amide bonds. The van der Waals surface area contributed by atoms with Crippen LogP contribution in [0.3, 0.4) is 0 Å². The molecule has 0 aromatic heterocycles. The van der Waals surface area contributed by atoms with E-state index in [0.717, 1.165) is 10.0 Å². The molecular formula is C13H20BrNO4S. The third-order valence-corrected chi connectivity index (χ3v) is 4.73. The fourth-order valence-corrected chi connectivity index (χ4v) is 3.42. The van der Waals surface area contributed by atoms with E-state index >= 15 is 0 Å². The smallest absolute Gasteiger partial charge is 0.240 e. The van der Waals surface area contributed by atoms with Crippen LogP contribution >= 0.6 is 15.9 Å². The Hall–Kier alpha value is -0.470. The predicted octanol–water partition coefficient (Wildman–Crippen LogP) is 2.09. The molecule has 0 atom stereocenters. The Morgan fingerprint density at radius 1 is 1.25 bits per heavy atom. The van der Waals surface area contributed by atoms with Crippen LogP contribution in [-0.4, -0.2) is 41.9 Å². The van der Waals surface area contributed by atoms with Crippen molar-refractivity contribution in [2.75, 3.05) is 33.5 Å². The number of methoxy groups -OCH3 is 1. The van der Waals surface area contributed by atoms with Crippen LogP contribution in [0.25, 0.3) is 0 Å². The predicted molar refractivity (Wildman–Crippen MR) is 81.4 cm³/mol. The molecular weight excluding hydrogens is 346 g/mol. The van der Waals surface area contributed by atoms with Crippen LogP contribution in [0, 0.1) is 6.92 Å². The van der Waals surface area contributed by atoms with E-state index in [4.69, 9.17) is 9.47 Å². The second-order valence-corrected chi connectivity index (χ2v) is 6.92. The van der Waals surface area contributed by atoms with Crippen LogP contribution < -0.4 is 4.72 Å². The van der Waals surface area contributed by atoms with E-state index in [9.17, 15) is 8.42 Å². The zero-order valence-electron chi connectivity index (χ0n) is 11.7. The first kappa shape index (κ1) is 17.6. The number of hydrogen-bond donors (Lipinski definition) is 1. The van der Waals surface area contributed by atoms with E-state index in [1.807, 2.05) is 6.07 Å². The second-order valence-electron chi connectivity index (χ2n) is 4.27. The van der Waals surface area contributed by atoms with Gasteiger partial charge in [-0.3, -0.25) is 0 Å². The van der Waals surface area contributed by atoms with Crippen molar-refractivity contribution in [3.05, 3.63) is 28.2 Å². The minimum absolute atomic E-state index is 0.298. The van der Waals surface area contributed by atoms with Crippen molar-refractivity contribution in [3.63, 3.8) is 0 Å². The molecule has 0 bridgehead atoms.